The molecule has 0 bridgehead atoms. The molecule has 0 aliphatic heterocycles. The number of benzene rings is 3. The third kappa shape index (κ3) is 8.44. The summed E-state index contributed by atoms with van der Waals surface area (Å²) in [6.07, 6.45) is 5.86. The fourth-order valence-electron chi connectivity index (χ4n) is 5.19. The van der Waals surface area contributed by atoms with Crippen molar-refractivity contribution in [2.45, 2.75) is 83.3 Å². The van der Waals surface area contributed by atoms with Crippen molar-refractivity contribution in [3.63, 3.8) is 0 Å². The topological polar surface area (TPSA) is 58.6 Å². The molecule has 0 unspecified atom stereocenters. The maximum atomic E-state index is 13.9. The van der Waals surface area contributed by atoms with E-state index in [-0.39, 0.29) is 29.9 Å². The van der Waals surface area contributed by atoms with E-state index in [1.165, 1.54) is 12.0 Å². The van der Waals surface area contributed by atoms with E-state index >= 15 is 0 Å². The fraction of sp³-hybridized carbons (Fsp3) is 0.412. The molecule has 2 amide bonds. The molecule has 212 valence electrons. The number of nitrogens with zero attached hydrogens (tertiary/aromatic N) is 1. The van der Waals surface area contributed by atoms with Crippen LogP contribution in [0, 0.1) is 0 Å². The minimum absolute atomic E-state index is 0.000291. The van der Waals surface area contributed by atoms with Crippen LogP contribution in [0.15, 0.2) is 83.3 Å². The van der Waals surface area contributed by atoms with Gasteiger partial charge in [0, 0.05) is 19.0 Å². The van der Waals surface area contributed by atoms with Crippen LogP contribution in [0.3, 0.4) is 0 Å². The maximum Gasteiger partial charge on any atom is 0.261 e. The minimum Gasteiger partial charge on any atom is -0.483 e. The Bertz CT molecular complexity index is 1250. The third-order valence-electron chi connectivity index (χ3n) is 7.57. The monoisotopic (exact) mass is 604 g/mol. The van der Waals surface area contributed by atoms with Crippen LogP contribution in [0.1, 0.15) is 69.6 Å². The van der Waals surface area contributed by atoms with E-state index in [2.05, 4.69) is 42.0 Å². The summed E-state index contributed by atoms with van der Waals surface area (Å²) in [7, 11) is 0. The molecule has 4 rings (SSSR count). The molecule has 40 heavy (non-hydrogen) atoms. The smallest absolute Gasteiger partial charge is 0.261 e. The Balaban J connectivity index is 1.59. The lowest BCUT2D eigenvalue weighted by molar-refractivity contribution is -0.143. The highest BCUT2D eigenvalue weighted by atomic mass is 79.9. The predicted octanol–water partition coefficient (Wildman–Crippen LogP) is 7.21. The molecule has 3 aromatic carbocycles. The Morgan fingerprint density at radius 2 is 1.55 bits per heavy atom. The first-order valence-electron chi connectivity index (χ1n) is 14.3. The van der Waals surface area contributed by atoms with Crippen molar-refractivity contribution in [3.05, 3.63) is 100 Å². The van der Waals surface area contributed by atoms with E-state index in [0.717, 1.165) is 41.3 Å². The van der Waals surface area contributed by atoms with Crippen molar-refractivity contribution in [2.24, 2.45) is 0 Å². The average Bonchev–Trinajstić information content (AvgIpc) is 2.95. The van der Waals surface area contributed by atoms with Crippen LogP contribution in [0.25, 0.3) is 0 Å². The lowest BCUT2D eigenvalue weighted by atomic mass is 9.87. The number of amides is 2. The minimum atomic E-state index is -0.660. The number of hydrogen-bond acceptors (Lipinski definition) is 3. The van der Waals surface area contributed by atoms with E-state index < -0.39 is 6.04 Å². The summed E-state index contributed by atoms with van der Waals surface area (Å²) in [6.45, 7) is 6.63. The molecule has 0 spiro atoms. The molecular formula is C34H41BrN2O3. The van der Waals surface area contributed by atoms with Crippen LogP contribution in [-0.2, 0) is 28.0 Å². The summed E-state index contributed by atoms with van der Waals surface area (Å²) in [4.78, 5) is 29.4. The second kappa shape index (κ2) is 14.0. The molecular weight excluding hydrogens is 564 g/mol. The number of nitrogens with one attached hydrogen (secondary N) is 1. The molecule has 1 aliphatic carbocycles. The zero-order valence-corrected chi connectivity index (χ0v) is 25.5. The molecule has 5 nitrogen and oxygen atoms in total. The van der Waals surface area contributed by atoms with E-state index in [1.807, 2.05) is 78.9 Å². The van der Waals surface area contributed by atoms with Gasteiger partial charge in [-0.2, -0.15) is 0 Å². The molecule has 0 aromatic heterocycles. The van der Waals surface area contributed by atoms with Gasteiger partial charge in [0.15, 0.2) is 6.61 Å². The SMILES string of the molecule is CC(C)(C)c1ccc(OCC(=O)N(Cc2ccccc2)[C@H](Cc2ccccc2)C(=O)NC2CCCCC2)c(Br)c1. The molecule has 0 heterocycles. The molecule has 1 aliphatic rings. The van der Waals surface area contributed by atoms with Gasteiger partial charge in [0.2, 0.25) is 5.91 Å². The maximum absolute atomic E-state index is 13.9. The van der Waals surface area contributed by atoms with Gasteiger partial charge < -0.3 is 15.0 Å². The summed E-state index contributed by atoms with van der Waals surface area (Å²) in [5.41, 5.74) is 3.15. The predicted molar refractivity (Wildman–Crippen MR) is 164 cm³/mol. The number of carbonyl (C=O) groups excluding carboxylic acids is 2. The Morgan fingerprint density at radius 3 is 2.15 bits per heavy atom. The highest BCUT2D eigenvalue weighted by molar-refractivity contribution is 9.10. The third-order valence-corrected chi connectivity index (χ3v) is 8.19. The van der Waals surface area contributed by atoms with Crippen LogP contribution >= 0.6 is 15.9 Å². The zero-order valence-electron chi connectivity index (χ0n) is 23.9. The number of rotatable bonds is 10. The van der Waals surface area contributed by atoms with Crippen molar-refractivity contribution in [1.29, 1.82) is 0 Å². The first-order chi connectivity index (χ1) is 19.2. The number of halogens is 1. The van der Waals surface area contributed by atoms with Gasteiger partial charge in [-0.05, 0) is 63.0 Å². The van der Waals surface area contributed by atoms with Gasteiger partial charge in [-0.15, -0.1) is 0 Å². The molecule has 1 fully saturated rings. The fourth-order valence-corrected chi connectivity index (χ4v) is 5.68. The van der Waals surface area contributed by atoms with Gasteiger partial charge in [0.1, 0.15) is 11.8 Å². The van der Waals surface area contributed by atoms with Gasteiger partial charge >= 0.3 is 0 Å². The Labute approximate surface area is 247 Å². The Kier molecular flexibility index (Phi) is 10.4. The normalized spacial score (nSPS) is 14.8. The lowest BCUT2D eigenvalue weighted by Gasteiger charge is -2.33. The van der Waals surface area contributed by atoms with Crippen LogP contribution in [0.4, 0.5) is 0 Å². The van der Waals surface area contributed by atoms with Crippen LogP contribution in [0.5, 0.6) is 5.75 Å². The van der Waals surface area contributed by atoms with E-state index in [9.17, 15) is 9.59 Å². The molecule has 1 saturated carbocycles. The van der Waals surface area contributed by atoms with Crippen LogP contribution in [0.2, 0.25) is 0 Å². The second-order valence-corrected chi connectivity index (χ2v) is 12.6. The molecule has 0 saturated heterocycles. The molecule has 3 aromatic rings. The Morgan fingerprint density at radius 1 is 0.925 bits per heavy atom. The highest BCUT2D eigenvalue weighted by Crippen LogP contribution is 2.31. The molecule has 1 N–H and O–H groups in total. The van der Waals surface area contributed by atoms with Crippen molar-refractivity contribution >= 4 is 27.7 Å². The largest absolute Gasteiger partial charge is 0.483 e. The van der Waals surface area contributed by atoms with Crippen LogP contribution in [-0.4, -0.2) is 35.4 Å². The number of hydrogen-bond donors (Lipinski definition) is 1. The highest BCUT2D eigenvalue weighted by Gasteiger charge is 2.32. The van der Waals surface area contributed by atoms with Gasteiger partial charge in [0.25, 0.3) is 5.91 Å². The molecule has 1 atom stereocenters. The molecule has 0 radical (unpaired) electrons. The summed E-state index contributed by atoms with van der Waals surface area (Å²) < 4.78 is 6.85. The summed E-state index contributed by atoms with van der Waals surface area (Å²) in [6, 6.07) is 25.2. The number of ether oxygens (including phenoxy) is 1. The van der Waals surface area contributed by atoms with Crippen LogP contribution < -0.4 is 10.1 Å². The second-order valence-electron chi connectivity index (χ2n) is 11.7. The standard InChI is InChI=1S/C34H41BrN2O3/c1-34(2,3)27-19-20-31(29(35)22-27)40-24-32(38)37(23-26-15-9-5-10-16-26)30(21-25-13-7-4-8-14-25)33(39)36-28-17-11-6-12-18-28/h4-5,7-10,13-16,19-20,22,28,30H,6,11-12,17-18,21,23-24H2,1-3H3,(H,36,39)/t30-/m1/s1. The lowest BCUT2D eigenvalue weighted by Crippen LogP contribution is -2.53. The van der Waals surface area contributed by atoms with Gasteiger partial charge in [0.05, 0.1) is 4.47 Å². The molecule has 6 heteroatoms. The quantitative estimate of drug-likeness (QED) is 0.266. The summed E-state index contributed by atoms with van der Waals surface area (Å²) in [5.74, 6) is 0.276. The Hall–Kier alpha value is -3.12. The van der Waals surface area contributed by atoms with E-state index in [4.69, 9.17) is 4.74 Å². The summed E-state index contributed by atoms with van der Waals surface area (Å²) >= 11 is 3.62. The van der Waals surface area contributed by atoms with Gasteiger partial charge in [-0.3, -0.25) is 9.59 Å². The van der Waals surface area contributed by atoms with Gasteiger partial charge in [-0.25, -0.2) is 0 Å². The first kappa shape index (κ1) is 29.9. The average molecular weight is 606 g/mol. The van der Waals surface area contributed by atoms with Crippen molar-refractivity contribution in [1.82, 2.24) is 10.2 Å². The van der Waals surface area contributed by atoms with E-state index in [1.54, 1.807) is 4.90 Å². The van der Waals surface area contributed by atoms with E-state index in [0.29, 0.717) is 18.7 Å². The number of carbonyl (C=O) groups is 2. The zero-order chi connectivity index (χ0) is 28.5. The van der Waals surface area contributed by atoms with Crippen molar-refractivity contribution in [2.75, 3.05) is 6.61 Å². The van der Waals surface area contributed by atoms with Crippen molar-refractivity contribution in [3.8, 4) is 5.75 Å². The van der Waals surface area contributed by atoms with Gasteiger partial charge in [-0.1, -0.05) is 107 Å². The van der Waals surface area contributed by atoms with Crippen molar-refractivity contribution < 1.29 is 14.3 Å². The summed E-state index contributed by atoms with van der Waals surface area (Å²) in [5, 5.41) is 3.28. The first-order valence-corrected chi connectivity index (χ1v) is 15.1.